The molecule has 0 aliphatic rings. The molecule has 0 radical (unpaired) electrons. The molecule has 1 amide bonds. The molecule has 15 nitrogen and oxygen atoms in total. The summed E-state index contributed by atoms with van der Waals surface area (Å²) in [5, 5.41) is 23.9. The van der Waals surface area contributed by atoms with Gasteiger partial charge in [-0.1, -0.05) is 0 Å². The van der Waals surface area contributed by atoms with Crippen LogP contribution in [0, 0.1) is 0 Å². The maximum absolute atomic E-state index is 12.3. The van der Waals surface area contributed by atoms with E-state index in [1.807, 2.05) is 4.90 Å². The Balaban J connectivity index is 0. The van der Waals surface area contributed by atoms with E-state index in [0.717, 1.165) is 5.69 Å². The molecule has 9 N–H and O–H groups in total. The second-order valence-corrected chi connectivity index (χ2v) is 7.16. The van der Waals surface area contributed by atoms with Gasteiger partial charge in [0.15, 0.2) is 17.0 Å². The van der Waals surface area contributed by atoms with Gasteiger partial charge >= 0.3 is 103 Å². The summed E-state index contributed by atoms with van der Waals surface area (Å²) in [6.07, 6.45) is 0.677. The van der Waals surface area contributed by atoms with Crippen LogP contribution < -0.4 is 135 Å². The monoisotopic (exact) mass is 566 g/mol. The third kappa shape index (κ3) is 10.7. The molecular weight excluding hydrogens is 542 g/mol. The molecule has 1 atom stereocenters. The number of nitrogens with two attached hydrogens (primary N) is 2. The van der Waals surface area contributed by atoms with E-state index < -0.39 is 30.3 Å². The number of aromatic nitrogens is 4. The smallest absolute Gasteiger partial charge is 0.550 e. The molecule has 0 saturated carbocycles. The molecule has 3 aromatic rings. The van der Waals surface area contributed by atoms with Crippen molar-refractivity contribution in [2.75, 3.05) is 23.4 Å². The van der Waals surface area contributed by atoms with Gasteiger partial charge in [0, 0.05) is 24.3 Å². The molecule has 188 valence electrons. The molecule has 0 fully saturated rings. The van der Waals surface area contributed by atoms with Crippen LogP contribution in [-0.2, 0) is 16.1 Å². The molecule has 2 heterocycles. The van der Waals surface area contributed by atoms with Gasteiger partial charge in [-0.3, -0.25) is 4.79 Å². The zero-order valence-electron chi connectivity index (χ0n) is 20.5. The van der Waals surface area contributed by atoms with Gasteiger partial charge in [-0.15, -0.1) is 0 Å². The number of hydrogen-bond acceptors (Lipinski definition) is 12. The number of nitrogens with one attached hydrogen (secondary N) is 1. The average molecular weight is 567 g/mol. The first-order valence-electron chi connectivity index (χ1n) is 9.71. The minimum absolute atomic E-state index is 0. The minimum Gasteiger partial charge on any atom is -0.550 e. The van der Waals surface area contributed by atoms with Crippen LogP contribution in [0.2, 0.25) is 0 Å². The van der Waals surface area contributed by atoms with E-state index in [-0.39, 0.29) is 143 Å². The molecule has 1 unspecified atom stereocenters. The number of nitrogen functional groups attached to an aromatic ring is 2. The number of amides is 1. The van der Waals surface area contributed by atoms with Crippen LogP contribution in [0.5, 0.6) is 0 Å². The molecule has 0 bridgehead atoms. The van der Waals surface area contributed by atoms with Crippen LogP contribution in [0.3, 0.4) is 0 Å². The largest absolute Gasteiger partial charge is 1.00 e. The Morgan fingerprint density at radius 1 is 1.03 bits per heavy atom. The topological polar surface area (TPSA) is 279 Å². The zero-order valence-corrected chi connectivity index (χ0v) is 26.8. The molecule has 17 heteroatoms. The van der Waals surface area contributed by atoms with Crippen LogP contribution in [0.25, 0.3) is 11.2 Å². The number of carboxylic acids is 2. The molecule has 0 saturated heterocycles. The SMILES string of the molecule is CN(Cc1cnc2nc(N)nc(N)c2n1)c1ccc(C(=O)NC(CCC(=O)[O-])C(=O)[O-])cc1.O.O.[K+].[K+]. The number of fused-ring (bicyclic) bond motifs is 1. The van der Waals surface area contributed by atoms with Gasteiger partial charge in [-0.25, -0.2) is 9.97 Å². The molecular formula is C20H24K2N8O7. The van der Waals surface area contributed by atoms with E-state index in [1.54, 1.807) is 25.4 Å². The predicted octanol–water partition coefficient (Wildman–Crippen LogP) is -10.0. The summed E-state index contributed by atoms with van der Waals surface area (Å²) in [6, 6.07) is 4.89. The third-order valence-corrected chi connectivity index (χ3v) is 4.70. The van der Waals surface area contributed by atoms with Crippen molar-refractivity contribution < 1.29 is 138 Å². The summed E-state index contributed by atoms with van der Waals surface area (Å²) in [6.45, 7) is 0.355. The molecule has 2 aromatic heterocycles. The molecule has 0 aliphatic carbocycles. The Morgan fingerprint density at radius 3 is 2.22 bits per heavy atom. The van der Waals surface area contributed by atoms with Gasteiger partial charge in [-0.2, -0.15) is 9.97 Å². The first-order valence-corrected chi connectivity index (χ1v) is 9.71. The molecule has 0 aliphatic heterocycles. The zero-order chi connectivity index (χ0) is 24.1. The molecule has 3 rings (SSSR count). The van der Waals surface area contributed by atoms with Crippen molar-refractivity contribution in [1.82, 2.24) is 25.3 Å². The van der Waals surface area contributed by atoms with Gasteiger partial charge in [0.25, 0.3) is 5.91 Å². The van der Waals surface area contributed by atoms with Crippen molar-refractivity contribution in [2.45, 2.75) is 25.4 Å². The predicted molar refractivity (Wildman–Crippen MR) is 120 cm³/mol. The van der Waals surface area contributed by atoms with Crippen LogP contribution in [0.4, 0.5) is 17.5 Å². The number of anilines is 3. The summed E-state index contributed by atoms with van der Waals surface area (Å²) < 4.78 is 0. The average Bonchev–Trinajstić information content (AvgIpc) is 2.76. The van der Waals surface area contributed by atoms with Crippen molar-refractivity contribution in [3.63, 3.8) is 0 Å². The summed E-state index contributed by atoms with van der Waals surface area (Å²) in [5.74, 6) is -3.54. The van der Waals surface area contributed by atoms with Crippen molar-refractivity contribution in [3.8, 4) is 0 Å². The standard InChI is InChI=1S/C20H22N8O5.2K.2H2O/c1-28(9-11-8-23-17-15(24-11)16(21)26-20(22)27-17)12-4-2-10(3-5-12)18(31)25-13(19(32)33)6-7-14(29)30;;;;/h2-5,8,13H,6-7,9H2,1H3,(H,25,31)(H,29,30)(H,32,33)(H4,21,22,23,26,27);;;2*1H2/q;2*+1;;/p-2. The van der Waals surface area contributed by atoms with Crippen molar-refractivity contribution >= 4 is 46.5 Å². The maximum Gasteiger partial charge on any atom is 1.00 e. The van der Waals surface area contributed by atoms with Crippen molar-refractivity contribution in [1.29, 1.82) is 0 Å². The number of carboxylic acid groups (broad SMARTS) is 2. The quantitative estimate of drug-likeness (QED) is 0.204. The number of carbonyl (C=O) groups is 3. The van der Waals surface area contributed by atoms with Crippen LogP contribution in [0.1, 0.15) is 28.9 Å². The van der Waals surface area contributed by atoms with Gasteiger partial charge in [0.05, 0.1) is 30.4 Å². The maximum atomic E-state index is 12.3. The van der Waals surface area contributed by atoms with E-state index in [0.29, 0.717) is 17.8 Å². The van der Waals surface area contributed by atoms with Gasteiger partial charge < -0.3 is 52.4 Å². The number of carbonyl (C=O) groups excluding carboxylic acids is 3. The van der Waals surface area contributed by atoms with Crippen LogP contribution in [-0.4, -0.2) is 61.8 Å². The van der Waals surface area contributed by atoms with E-state index in [1.165, 1.54) is 12.1 Å². The van der Waals surface area contributed by atoms with E-state index in [2.05, 4.69) is 25.3 Å². The van der Waals surface area contributed by atoms with Crippen LogP contribution >= 0.6 is 0 Å². The fraction of sp³-hybridized carbons (Fsp3) is 0.250. The number of hydrogen-bond donors (Lipinski definition) is 3. The second-order valence-electron chi connectivity index (χ2n) is 7.16. The summed E-state index contributed by atoms with van der Waals surface area (Å²) >= 11 is 0. The normalized spacial score (nSPS) is 10.4. The first kappa shape index (κ1) is 37.8. The Hall–Kier alpha value is -1.36. The Kier molecular flexibility index (Phi) is 17.6. The Morgan fingerprint density at radius 2 is 1.65 bits per heavy atom. The number of nitrogens with zero attached hydrogens (tertiary/aromatic N) is 5. The molecule has 37 heavy (non-hydrogen) atoms. The fourth-order valence-electron chi connectivity index (χ4n) is 3.01. The van der Waals surface area contributed by atoms with Gasteiger partial charge in [-0.05, 0) is 37.1 Å². The fourth-order valence-corrected chi connectivity index (χ4v) is 3.01. The Bertz CT molecular complexity index is 1220. The van der Waals surface area contributed by atoms with E-state index >= 15 is 0 Å². The van der Waals surface area contributed by atoms with E-state index in [9.17, 15) is 24.6 Å². The summed E-state index contributed by atoms with van der Waals surface area (Å²) in [7, 11) is 1.80. The number of aliphatic carboxylic acids is 2. The van der Waals surface area contributed by atoms with Gasteiger partial charge in [0.2, 0.25) is 5.95 Å². The van der Waals surface area contributed by atoms with Crippen molar-refractivity contribution in [3.05, 3.63) is 41.7 Å². The number of rotatable bonds is 9. The van der Waals surface area contributed by atoms with E-state index in [4.69, 9.17) is 11.5 Å². The van der Waals surface area contributed by atoms with Crippen LogP contribution in [0.15, 0.2) is 30.5 Å². The summed E-state index contributed by atoms with van der Waals surface area (Å²) in [4.78, 5) is 52.3. The third-order valence-electron chi connectivity index (χ3n) is 4.70. The van der Waals surface area contributed by atoms with Crippen molar-refractivity contribution in [2.24, 2.45) is 0 Å². The minimum atomic E-state index is -1.58. The molecule has 0 spiro atoms. The molecule has 1 aromatic carbocycles. The Labute approximate surface area is 296 Å². The first-order chi connectivity index (χ1) is 15.6. The second kappa shape index (κ2) is 17.3. The summed E-state index contributed by atoms with van der Waals surface area (Å²) in [5.41, 5.74) is 13.6. The van der Waals surface area contributed by atoms with Gasteiger partial charge in [0.1, 0.15) is 0 Å². The number of benzene rings is 1.